The van der Waals surface area contributed by atoms with E-state index < -0.39 is 6.10 Å². The molecule has 1 atom stereocenters. The van der Waals surface area contributed by atoms with Gasteiger partial charge in [-0.15, -0.1) is 11.8 Å². The summed E-state index contributed by atoms with van der Waals surface area (Å²) in [7, 11) is 0. The molecular formula is C16H21N3O2S. The standard InChI is InChI=1S/C16H21N3O2S/c1-22-14-4-2-12(3-5-14)9-18-6-7-19-13(10-18)8-15(17-19)16(21)11-20/h2-5,8,16,20-21H,6-7,9-11H2,1H3/t16-/m0/s1. The van der Waals surface area contributed by atoms with Gasteiger partial charge < -0.3 is 10.2 Å². The number of hydrogen-bond acceptors (Lipinski definition) is 5. The summed E-state index contributed by atoms with van der Waals surface area (Å²) in [5.74, 6) is 0. The quantitative estimate of drug-likeness (QED) is 0.821. The monoisotopic (exact) mass is 319 g/mol. The molecule has 0 spiro atoms. The Balaban J connectivity index is 1.67. The topological polar surface area (TPSA) is 61.5 Å². The maximum absolute atomic E-state index is 9.69. The van der Waals surface area contributed by atoms with Gasteiger partial charge in [-0.25, -0.2) is 0 Å². The first-order valence-electron chi connectivity index (χ1n) is 7.40. The molecule has 2 heterocycles. The Morgan fingerprint density at radius 2 is 2.05 bits per heavy atom. The fourth-order valence-electron chi connectivity index (χ4n) is 2.72. The summed E-state index contributed by atoms with van der Waals surface area (Å²) in [5, 5.41) is 23.1. The molecule has 0 fully saturated rings. The second-order valence-corrected chi connectivity index (χ2v) is 6.42. The fraction of sp³-hybridized carbons (Fsp3) is 0.438. The van der Waals surface area contributed by atoms with Crippen LogP contribution in [0.4, 0.5) is 0 Å². The summed E-state index contributed by atoms with van der Waals surface area (Å²) in [5.41, 5.74) is 2.96. The van der Waals surface area contributed by atoms with Crippen LogP contribution in [0.25, 0.3) is 0 Å². The van der Waals surface area contributed by atoms with E-state index >= 15 is 0 Å². The zero-order valence-electron chi connectivity index (χ0n) is 12.6. The van der Waals surface area contributed by atoms with Crippen molar-refractivity contribution in [3.8, 4) is 0 Å². The lowest BCUT2D eigenvalue weighted by molar-refractivity contribution is 0.0915. The Bertz CT molecular complexity index is 627. The lowest BCUT2D eigenvalue weighted by Crippen LogP contribution is -2.33. The molecule has 2 N–H and O–H groups in total. The highest BCUT2D eigenvalue weighted by molar-refractivity contribution is 7.98. The molecule has 1 aliphatic rings. The summed E-state index contributed by atoms with van der Waals surface area (Å²) < 4.78 is 1.93. The van der Waals surface area contributed by atoms with Crippen molar-refractivity contribution in [3.05, 3.63) is 47.3 Å². The molecule has 0 saturated carbocycles. The number of fused-ring (bicyclic) bond motifs is 1. The highest BCUT2D eigenvalue weighted by atomic mass is 32.2. The van der Waals surface area contributed by atoms with Crippen LogP contribution in [0.1, 0.15) is 23.1 Å². The van der Waals surface area contributed by atoms with Crippen LogP contribution in [0.2, 0.25) is 0 Å². The van der Waals surface area contributed by atoms with Gasteiger partial charge in [-0.05, 0) is 30.0 Å². The molecule has 0 unspecified atom stereocenters. The minimum Gasteiger partial charge on any atom is -0.393 e. The van der Waals surface area contributed by atoms with Gasteiger partial charge in [-0.3, -0.25) is 9.58 Å². The molecule has 0 saturated heterocycles. The second kappa shape index (κ2) is 6.83. The highest BCUT2D eigenvalue weighted by Gasteiger charge is 2.20. The van der Waals surface area contributed by atoms with Gasteiger partial charge >= 0.3 is 0 Å². The van der Waals surface area contributed by atoms with E-state index in [2.05, 4.69) is 40.5 Å². The Kier molecular flexibility index (Phi) is 4.83. The van der Waals surface area contributed by atoms with E-state index in [4.69, 9.17) is 5.11 Å². The Hall–Kier alpha value is -1.34. The summed E-state index contributed by atoms with van der Waals surface area (Å²) in [6.45, 7) is 3.19. The van der Waals surface area contributed by atoms with Crippen LogP contribution in [0.15, 0.2) is 35.2 Å². The normalized spacial score (nSPS) is 16.5. The molecule has 1 aromatic carbocycles. The lowest BCUT2D eigenvalue weighted by atomic mass is 10.2. The maximum atomic E-state index is 9.69. The van der Waals surface area contributed by atoms with Crippen molar-refractivity contribution in [2.45, 2.75) is 30.6 Å². The van der Waals surface area contributed by atoms with Crippen LogP contribution >= 0.6 is 11.8 Å². The summed E-state index contributed by atoms with van der Waals surface area (Å²) in [6, 6.07) is 10.6. The minimum atomic E-state index is -0.884. The predicted octanol–water partition coefficient (Wildman–Crippen LogP) is 1.65. The molecule has 22 heavy (non-hydrogen) atoms. The molecule has 1 aromatic heterocycles. The molecule has 3 rings (SSSR count). The summed E-state index contributed by atoms with van der Waals surface area (Å²) in [6.07, 6.45) is 1.20. The number of aliphatic hydroxyl groups excluding tert-OH is 2. The SMILES string of the molecule is CSc1ccc(CN2CCn3nc([C@@H](O)CO)cc3C2)cc1. The number of hydrogen-bond donors (Lipinski definition) is 2. The summed E-state index contributed by atoms with van der Waals surface area (Å²) >= 11 is 1.75. The number of benzene rings is 1. The number of rotatable bonds is 5. The average molecular weight is 319 g/mol. The first kappa shape index (κ1) is 15.6. The number of aliphatic hydroxyl groups is 2. The molecule has 2 aromatic rings. The van der Waals surface area contributed by atoms with Crippen LogP contribution in [-0.4, -0.2) is 44.3 Å². The van der Waals surface area contributed by atoms with Crippen molar-refractivity contribution >= 4 is 11.8 Å². The van der Waals surface area contributed by atoms with Gasteiger partial charge in [-0.1, -0.05) is 12.1 Å². The molecule has 1 aliphatic heterocycles. The first-order chi connectivity index (χ1) is 10.7. The maximum Gasteiger partial charge on any atom is 0.121 e. The van der Waals surface area contributed by atoms with Crippen molar-refractivity contribution in [3.63, 3.8) is 0 Å². The molecule has 0 radical (unpaired) electrons. The van der Waals surface area contributed by atoms with Gasteiger partial charge in [-0.2, -0.15) is 5.10 Å². The van der Waals surface area contributed by atoms with Gasteiger partial charge in [0.1, 0.15) is 6.10 Å². The third kappa shape index (κ3) is 3.35. The van der Waals surface area contributed by atoms with E-state index in [1.54, 1.807) is 11.8 Å². The largest absolute Gasteiger partial charge is 0.393 e. The van der Waals surface area contributed by atoms with Gasteiger partial charge in [0, 0.05) is 24.5 Å². The Labute approximate surface area is 134 Å². The van der Waals surface area contributed by atoms with Gasteiger partial charge in [0.25, 0.3) is 0 Å². The molecule has 6 heteroatoms. The van der Waals surface area contributed by atoms with Crippen LogP contribution in [-0.2, 0) is 19.6 Å². The second-order valence-electron chi connectivity index (χ2n) is 5.54. The Morgan fingerprint density at radius 3 is 2.73 bits per heavy atom. The summed E-state index contributed by atoms with van der Waals surface area (Å²) in [4.78, 5) is 3.66. The van der Waals surface area contributed by atoms with E-state index in [1.807, 2.05) is 10.7 Å². The van der Waals surface area contributed by atoms with Gasteiger partial charge in [0.15, 0.2) is 0 Å². The number of thioether (sulfide) groups is 1. The van der Waals surface area contributed by atoms with E-state index in [9.17, 15) is 5.11 Å². The Morgan fingerprint density at radius 1 is 1.27 bits per heavy atom. The molecular weight excluding hydrogens is 298 g/mol. The number of aromatic nitrogens is 2. The predicted molar refractivity (Wildman–Crippen MR) is 86.6 cm³/mol. The molecule has 5 nitrogen and oxygen atoms in total. The first-order valence-corrected chi connectivity index (χ1v) is 8.63. The minimum absolute atomic E-state index is 0.290. The van der Waals surface area contributed by atoms with Gasteiger partial charge in [0.2, 0.25) is 0 Å². The zero-order chi connectivity index (χ0) is 15.5. The average Bonchev–Trinajstić information content (AvgIpc) is 2.98. The van der Waals surface area contributed by atoms with Crippen LogP contribution in [0.5, 0.6) is 0 Å². The van der Waals surface area contributed by atoms with Crippen molar-refractivity contribution in [1.29, 1.82) is 0 Å². The van der Waals surface area contributed by atoms with Gasteiger partial charge in [0.05, 0.1) is 24.5 Å². The molecule has 0 aliphatic carbocycles. The van der Waals surface area contributed by atoms with Crippen LogP contribution in [0, 0.1) is 0 Å². The fourth-order valence-corrected chi connectivity index (χ4v) is 3.13. The highest BCUT2D eigenvalue weighted by Crippen LogP contribution is 2.20. The molecule has 118 valence electrons. The van der Waals surface area contributed by atoms with Crippen molar-refractivity contribution in [2.75, 3.05) is 19.4 Å². The van der Waals surface area contributed by atoms with E-state index in [1.165, 1.54) is 10.5 Å². The molecule has 0 amide bonds. The smallest absolute Gasteiger partial charge is 0.121 e. The van der Waals surface area contributed by atoms with Crippen LogP contribution in [0.3, 0.4) is 0 Å². The van der Waals surface area contributed by atoms with E-state index in [-0.39, 0.29) is 6.61 Å². The van der Waals surface area contributed by atoms with Crippen LogP contribution < -0.4 is 0 Å². The van der Waals surface area contributed by atoms with Crippen molar-refractivity contribution in [2.24, 2.45) is 0 Å². The number of nitrogens with zero attached hydrogens (tertiary/aromatic N) is 3. The van der Waals surface area contributed by atoms with Crippen molar-refractivity contribution in [1.82, 2.24) is 14.7 Å². The zero-order valence-corrected chi connectivity index (χ0v) is 13.5. The third-order valence-corrected chi connectivity index (χ3v) is 4.72. The third-order valence-electron chi connectivity index (χ3n) is 3.98. The molecule has 0 bridgehead atoms. The lowest BCUT2D eigenvalue weighted by Gasteiger charge is -2.27. The van der Waals surface area contributed by atoms with E-state index in [0.717, 1.165) is 31.9 Å². The van der Waals surface area contributed by atoms with E-state index in [0.29, 0.717) is 5.69 Å². The van der Waals surface area contributed by atoms with Crippen molar-refractivity contribution < 1.29 is 10.2 Å².